The predicted molar refractivity (Wildman–Crippen MR) is 189 cm³/mol. The van der Waals surface area contributed by atoms with Crippen LogP contribution in [0.2, 0.25) is 0 Å². The number of aliphatic hydroxyl groups is 1. The summed E-state index contributed by atoms with van der Waals surface area (Å²) in [4.78, 5) is 14.0. The second-order valence-electron chi connectivity index (χ2n) is 18.3. The van der Waals surface area contributed by atoms with Crippen molar-refractivity contribution < 1.29 is 47.8 Å². The van der Waals surface area contributed by atoms with Gasteiger partial charge in [-0.1, -0.05) is 27.0 Å². The summed E-state index contributed by atoms with van der Waals surface area (Å²) in [7, 11) is 0. The number of ketones is 1. The van der Waals surface area contributed by atoms with Crippen LogP contribution in [0.5, 0.6) is 0 Å². The van der Waals surface area contributed by atoms with Gasteiger partial charge in [0.1, 0.15) is 41.9 Å². The lowest BCUT2D eigenvalue weighted by atomic mass is 9.78. The number of aliphatic hydroxyl groups excluding tert-OH is 1. The molecule has 10 heterocycles. The number of rotatable bonds is 3. The highest BCUT2D eigenvalue weighted by atomic mass is 16.8. The van der Waals surface area contributed by atoms with E-state index in [2.05, 4.69) is 33.9 Å². The first kappa shape index (κ1) is 36.4. The molecule has 1 spiro atoms. The average Bonchev–Trinajstić information content (AvgIpc) is 3.73. The highest BCUT2D eigenvalue weighted by molar-refractivity contribution is 5.79. The van der Waals surface area contributed by atoms with Gasteiger partial charge in [0.15, 0.2) is 5.79 Å². The van der Waals surface area contributed by atoms with Crippen molar-refractivity contribution in [3.63, 3.8) is 0 Å². The number of nitrogens with two attached hydrogens (primary N) is 1. The van der Waals surface area contributed by atoms with Gasteiger partial charge in [-0.05, 0) is 80.8 Å². The zero-order chi connectivity index (χ0) is 36.1. The van der Waals surface area contributed by atoms with Gasteiger partial charge in [0.05, 0.1) is 54.9 Å². The first-order valence-corrected chi connectivity index (χ1v) is 20.5. The van der Waals surface area contributed by atoms with Crippen LogP contribution in [0.15, 0.2) is 24.3 Å². The van der Waals surface area contributed by atoms with Gasteiger partial charge in [0.25, 0.3) is 0 Å². The maximum absolute atomic E-state index is 14.0. The van der Waals surface area contributed by atoms with Crippen molar-refractivity contribution in [2.24, 2.45) is 23.5 Å². The van der Waals surface area contributed by atoms with Crippen LogP contribution in [0.1, 0.15) is 104 Å². The van der Waals surface area contributed by atoms with Crippen molar-refractivity contribution in [1.29, 1.82) is 0 Å². The van der Waals surface area contributed by atoms with Gasteiger partial charge in [-0.3, -0.25) is 4.79 Å². The Morgan fingerprint density at radius 1 is 0.808 bits per heavy atom. The Morgan fingerprint density at radius 2 is 1.58 bits per heavy atom. The van der Waals surface area contributed by atoms with Crippen molar-refractivity contribution in [3.05, 3.63) is 24.3 Å². The number of carbonyl (C=O) groups is 1. The molecule has 290 valence electrons. The average molecular weight is 728 g/mol. The molecule has 10 rings (SSSR count). The predicted octanol–water partition coefficient (Wildman–Crippen LogP) is 4.45. The van der Waals surface area contributed by atoms with Gasteiger partial charge in [0, 0.05) is 45.1 Å². The number of hydrogen-bond acceptors (Lipinski definition) is 11. The molecule has 3 N–H and O–H groups in total. The van der Waals surface area contributed by atoms with Crippen LogP contribution in [-0.2, 0) is 42.7 Å². The number of fused-ring (bicyclic) bond motifs is 6. The number of hydrogen-bond donors (Lipinski definition) is 2. The molecule has 10 saturated heterocycles. The van der Waals surface area contributed by atoms with Gasteiger partial charge in [-0.25, -0.2) is 0 Å². The lowest BCUT2D eigenvalue weighted by molar-refractivity contribution is -0.294. The summed E-state index contributed by atoms with van der Waals surface area (Å²) in [5.74, 6) is -0.272. The van der Waals surface area contributed by atoms with Gasteiger partial charge >= 0.3 is 0 Å². The van der Waals surface area contributed by atoms with Crippen molar-refractivity contribution in [2.75, 3.05) is 6.54 Å². The van der Waals surface area contributed by atoms with E-state index in [4.69, 9.17) is 43.6 Å². The minimum atomic E-state index is -0.803. The van der Waals surface area contributed by atoms with Crippen LogP contribution in [-0.4, -0.2) is 114 Å². The molecule has 0 aromatic rings. The van der Waals surface area contributed by atoms with Crippen LogP contribution in [0, 0.1) is 17.8 Å². The third-order valence-corrected chi connectivity index (χ3v) is 14.6. The molecule has 0 aliphatic carbocycles. The van der Waals surface area contributed by atoms with Crippen LogP contribution >= 0.6 is 0 Å². The van der Waals surface area contributed by atoms with Crippen LogP contribution in [0.25, 0.3) is 0 Å². The summed E-state index contributed by atoms with van der Waals surface area (Å²) >= 11 is 0. The highest BCUT2D eigenvalue weighted by Gasteiger charge is 2.73. The normalized spacial score (nSPS) is 53.8. The molecule has 0 aromatic carbocycles. The number of ether oxygens (including phenoxy) is 8. The Labute approximate surface area is 308 Å². The van der Waals surface area contributed by atoms with E-state index in [9.17, 15) is 9.90 Å². The Morgan fingerprint density at radius 3 is 2.40 bits per heavy atom. The lowest BCUT2D eigenvalue weighted by Crippen LogP contribution is -2.61. The molecule has 11 heteroatoms. The summed E-state index contributed by atoms with van der Waals surface area (Å²) in [5, 5.41) is 10.5. The monoisotopic (exact) mass is 727 g/mol. The van der Waals surface area contributed by atoms with E-state index < -0.39 is 17.5 Å². The summed E-state index contributed by atoms with van der Waals surface area (Å²) in [6, 6.07) is 0. The Kier molecular flexibility index (Phi) is 9.62. The smallest absolute Gasteiger partial charge is 0.172 e. The topological polar surface area (TPSA) is 137 Å². The Bertz CT molecular complexity index is 1410. The summed E-state index contributed by atoms with van der Waals surface area (Å²) in [5.41, 5.74) is 7.57. The van der Waals surface area contributed by atoms with E-state index in [0.29, 0.717) is 44.4 Å². The Hall–Kier alpha value is -1.25. The molecule has 11 nitrogen and oxygen atoms in total. The third kappa shape index (κ3) is 6.40. The molecular formula is C41H61NO10. The zero-order valence-electron chi connectivity index (χ0n) is 31.3. The van der Waals surface area contributed by atoms with E-state index in [1.54, 1.807) is 0 Å². The van der Waals surface area contributed by atoms with E-state index in [0.717, 1.165) is 56.1 Å². The maximum Gasteiger partial charge on any atom is 0.172 e. The molecule has 10 fully saturated rings. The number of carbonyl (C=O) groups excluding carboxylic acids is 1. The molecule has 0 saturated carbocycles. The second kappa shape index (κ2) is 13.7. The third-order valence-electron chi connectivity index (χ3n) is 14.6. The first-order chi connectivity index (χ1) is 24.9. The van der Waals surface area contributed by atoms with Crippen LogP contribution < -0.4 is 5.73 Å². The molecule has 0 amide bonds. The van der Waals surface area contributed by atoms with Crippen molar-refractivity contribution in [1.82, 2.24) is 0 Å². The highest BCUT2D eigenvalue weighted by Crippen LogP contribution is 2.58. The van der Waals surface area contributed by atoms with Gasteiger partial charge in [0.2, 0.25) is 0 Å². The molecule has 0 aromatic heterocycles. The van der Waals surface area contributed by atoms with Crippen molar-refractivity contribution in [2.45, 2.75) is 201 Å². The van der Waals surface area contributed by atoms with Gasteiger partial charge in [-0.15, -0.1) is 0 Å². The van der Waals surface area contributed by atoms with E-state index in [-0.39, 0.29) is 104 Å². The molecule has 10 aliphatic rings. The van der Waals surface area contributed by atoms with Crippen molar-refractivity contribution in [3.8, 4) is 0 Å². The van der Waals surface area contributed by atoms with E-state index in [1.165, 1.54) is 0 Å². The molecule has 52 heavy (non-hydrogen) atoms. The van der Waals surface area contributed by atoms with Crippen LogP contribution in [0.4, 0.5) is 0 Å². The fourth-order valence-corrected chi connectivity index (χ4v) is 11.7. The second-order valence-corrected chi connectivity index (χ2v) is 18.3. The number of Topliss-reactive ketones (excluding diaryl/α,β-unsaturated/α-hetero) is 1. The Balaban J connectivity index is 0.994. The minimum absolute atomic E-state index is 0.00566. The molecule has 3 unspecified atom stereocenters. The molecular weight excluding hydrogens is 666 g/mol. The van der Waals surface area contributed by atoms with Crippen molar-refractivity contribution >= 4 is 5.78 Å². The minimum Gasteiger partial charge on any atom is -0.392 e. The largest absolute Gasteiger partial charge is 0.392 e. The van der Waals surface area contributed by atoms with E-state index >= 15 is 0 Å². The first-order valence-electron chi connectivity index (χ1n) is 20.5. The summed E-state index contributed by atoms with van der Waals surface area (Å²) in [6.45, 7) is 15.6. The van der Waals surface area contributed by atoms with Gasteiger partial charge < -0.3 is 48.7 Å². The fraction of sp³-hybridized carbons (Fsp3) is 0.878. The zero-order valence-corrected chi connectivity index (χ0v) is 31.3. The summed E-state index contributed by atoms with van der Waals surface area (Å²) < 4.78 is 54.5. The SMILES string of the molecule is C=C1C[C@@H]2CC[C@@]34C[C@@]5(C)O[C@H]6[C@@H](O3)[C@H]3OC(CC[C@@H]3O[C@H]6[C@H]5O4)CC(=O)C[C@@H]3[C@@H](C)[C@@H](C[C@H](O)CN)O[C@H]3CC3O[C@@H](CCC1O2)C[C@@H](C)C3=C. The fourth-order valence-electron chi connectivity index (χ4n) is 11.7. The van der Waals surface area contributed by atoms with Gasteiger partial charge in [-0.2, -0.15) is 0 Å². The quantitative estimate of drug-likeness (QED) is 0.399. The molecule has 10 aliphatic heterocycles. The lowest BCUT2D eigenvalue weighted by Gasteiger charge is -2.47. The summed E-state index contributed by atoms with van der Waals surface area (Å²) in [6.07, 6.45) is 6.17. The maximum atomic E-state index is 14.0. The standard InChI is InChI=1S/C41H61NO10/c1-20-12-26-6-8-30-21(2)13-28(45-30)10-11-41-19-40(5)39(52-41)38-37(50-40)36(51-41)35-31(49-38)9-7-27(47-35)14-24(43)15-29-23(4)32(16-25(44)18-42)48-34(29)17-33(46-26)22(20)3/h20,23,25-39,44H,2-3,6-19,42H2,1,4-5H3/t20-,23-,25+,26+,27?,28+,29-,30?,31+,32-,33?,34+,35+,36+,37+,38-,39-,40-,41-/m1/s1. The molecule has 0 radical (unpaired) electrons. The molecule has 19 atom stereocenters. The molecule has 12 bridgehead atoms. The van der Waals surface area contributed by atoms with E-state index in [1.807, 2.05) is 0 Å². The van der Waals surface area contributed by atoms with Crippen LogP contribution in [0.3, 0.4) is 0 Å².